The maximum Gasteiger partial charge on any atom is 0.168 e. The molecule has 6 aliphatic carbocycles. The molecule has 12 rings (SSSR count). The molecule has 656 valence electrons. The third kappa shape index (κ3) is 23.9. The van der Waals surface area contributed by atoms with Crippen LogP contribution in [0.15, 0.2) is 206 Å². The van der Waals surface area contributed by atoms with Gasteiger partial charge in [-0.1, -0.05) is 187 Å². The lowest BCUT2D eigenvalue weighted by Crippen LogP contribution is -2.27. The van der Waals surface area contributed by atoms with Gasteiger partial charge in [-0.15, -0.1) is 0 Å². The SMILES string of the molecule is C=C(C)[C@@H]1CCC(C)=CC1c1c(O)cc(C)c(F)c1O.C=C(F)[C@@H]1CCC(C)=CC1c1c(O)cc(C)cc1O.C=Cc1cc(C)c(F)c(C=C)c1C1C=C(C)CC[C@H]1C(=C)C.C=Cc1cc(C)cc(C=C)c1C1C=C(C)CC[C@H]1C(=C)F.CC1=CC(c2c(O)cc(C)cc2O)[C@H](C(C)C)CC1F.Cc1cc(O)c(C2C=C(CF)CC[C@H]2C(C)C)c(O)c1. The summed E-state index contributed by atoms with van der Waals surface area (Å²) in [6.07, 6.45) is 27.7. The second-order valence-electron chi connectivity index (χ2n) is 35.8. The standard InChI is InChI=1S/C21H25F.C20H23F.C17H23FO2.C17H21FO2.C17H23FO2.C16H19FO2/c1-7-16-12-15(6)21(22)17(8-2)20(16)19-11-14(5)9-10-18(19)13(3)4;1-6-16-10-14(4)11-17(7-2)20(16)19-12-13(3)8-9-18(19)15(5)21;1-9(2)12-8-14(18)11(4)7-13(12)17-15(19)5-10(3)6-16(17)20;1-9(2)12-6-5-10(3)7-13(12)15-14(19)8-11(4)16(18)17(15)20;1-10(2)13-5-4-12(9-18)8-14(13)17-15(19)6-11(3)7-16(17)20;1-9-4-5-12(11(3)17)13(6-9)16-14(18)7-10(2)8-15(16)19/h7-8,11-12,18-19H,1-3,9-10H2,4-6H3;6-7,10-12,18-19H,1-2,5,8-9H2,3-4H3;5-7,9,12-14,19-20H,8H2,1-4H3;7-8,12-13,19-20H,1,5-6H2,2-4H3;6-8,10,13-14,19-20H,4-5,9H2,1-3H3;6-8,12-13,18-19H,3-5H2,1-2H3/t2*18-,19?;12-,13?,14?;12-,13?;13-,14?;12-,13?/m000000/s1. The van der Waals surface area contributed by atoms with Crippen LogP contribution >= 0.6 is 0 Å². The van der Waals surface area contributed by atoms with E-state index in [4.69, 9.17) is 0 Å². The summed E-state index contributed by atoms with van der Waals surface area (Å²) in [4.78, 5) is 0. The monoisotopic (exact) mass is 1670 g/mol. The van der Waals surface area contributed by atoms with E-state index in [0.29, 0.717) is 64.0 Å². The number of rotatable bonds is 17. The molecule has 6 aliphatic rings. The molecule has 7 unspecified atom stereocenters. The van der Waals surface area contributed by atoms with Gasteiger partial charge in [0.25, 0.3) is 0 Å². The van der Waals surface area contributed by atoms with Gasteiger partial charge >= 0.3 is 0 Å². The number of benzene rings is 6. The zero-order valence-corrected chi connectivity index (χ0v) is 75.2. The number of phenolic OH excluding ortho intramolecular Hbond substituents is 8. The Bertz CT molecular complexity index is 4930. The fourth-order valence-corrected chi connectivity index (χ4v) is 19.0. The van der Waals surface area contributed by atoms with E-state index in [1.807, 2.05) is 83.2 Å². The Hall–Kier alpha value is -10.3. The number of hydrogen-bond acceptors (Lipinski definition) is 8. The van der Waals surface area contributed by atoms with Crippen molar-refractivity contribution in [3.8, 4) is 46.0 Å². The summed E-state index contributed by atoms with van der Waals surface area (Å²) >= 11 is 0. The van der Waals surface area contributed by atoms with Crippen molar-refractivity contribution in [3.05, 3.63) is 307 Å². The van der Waals surface area contributed by atoms with Crippen molar-refractivity contribution in [3.63, 3.8) is 0 Å². The van der Waals surface area contributed by atoms with Crippen LogP contribution in [0.1, 0.15) is 271 Å². The minimum atomic E-state index is -0.923. The van der Waals surface area contributed by atoms with E-state index in [1.54, 1.807) is 63.2 Å². The maximum atomic E-state index is 14.6. The molecule has 0 amide bonds. The molecular weight excluding hydrogens is 1540 g/mol. The highest BCUT2D eigenvalue weighted by Gasteiger charge is 2.39. The third-order valence-electron chi connectivity index (χ3n) is 25.6. The number of aryl methyl sites for hydroxylation is 6. The van der Waals surface area contributed by atoms with E-state index in [2.05, 4.69) is 132 Å². The number of phenols is 8. The molecule has 8 nitrogen and oxygen atoms in total. The van der Waals surface area contributed by atoms with Crippen molar-refractivity contribution in [2.45, 2.75) is 230 Å². The topological polar surface area (TPSA) is 162 Å². The van der Waals surface area contributed by atoms with E-state index < -0.39 is 30.2 Å². The molecule has 8 N–H and O–H groups in total. The number of aromatic hydroxyl groups is 8. The summed E-state index contributed by atoms with van der Waals surface area (Å²) in [6.45, 7) is 63.5. The normalized spacial score (nSPS) is 22.9. The molecule has 0 saturated heterocycles. The minimum absolute atomic E-state index is 0.0119. The molecule has 0 spiro atoms. The molecule has 0 fully saturated rings. The molecular formula is C108H134F6O8. The molecule has 0 aromatic heterocycles. The minimum Gasteiger partial charge on any atom is -0.507 e. The van der Waals surface area contributed by atoms with Crippen LogP contribution in [0.25, 0.3) is 24.3 Å². The molecule has 122 heavy (non-hydrogen) atoms. The van der Waals surface area contributed by atoms with Gasteiger partial charge in [-0.25, -0.2) is 26.3 Å². The highest BCUT2D eigenvalue weighted by atomic mass is 19.1. The van der Waals surface area contributed by atoms with Crippen LogP contribution < -0.4 is 0 Å². The van der Waals surface area contributed by atoms with Crippen LogP contribution in [0.4, 0.5) is 26.3 Å². The van der Waals surface area contributed by atoms with Crippen molar-refractivity contribution in [1.82, 2.24) is 0 Å². The van der Waals surface area contributed by atoms with Crippen molar-refractivity contribution in [2.75, 3.05) is 6.67 Å². The zero-order chi connectivity index (χ0) is 91.1. The Morgan fingerprint density at radius 2 is 0.713 bits per heavy atom. The van der Waals surface area contributed by atoms with Crippen LogP contribution in [0.3, 0.4) is 0 Å². The van der Waals surface area contributed by atoms with Crippen molar-refractivity contribution >= 4 is 24.3 Å². The maximum absolute atomic E-state index is 14.6. The summed E-state index contributed by atoms with van der Waals surface area (Å²) < 4.78 is 83.0. The number of alkyl halides is 2. The summed E-state index contributed by atoms with van der Waals surface area (Å²) in [5.41, 5.74) is 20.6. The van der Waals surface area contributed by atoms with Crippen LogP contribution in [-0.2, 0) is 0 Å². The summed E-state index contributed by atoms with van der Waals surface area (Å²) in [5.74, 6) is -1.21. The lowest BCUT2D eigenvalue weighted by Gasteiger charge is -2.35. The molecule has 13 atom stereocenters. The first kappa shape index (κ1) is 98.8. The van der Waals surface area contributed by atoms with Crippen LogP contribution in [0, 0.1) is 101 Å². The van der Waals surface area contributed by atoms with E-state index in [1.165, 1.54) is 29.7 Å². The van der Waals surface area contributed by atoms with E-state index >= 15 is 0 Å². The number of hydrogen-bond donors (Lipinski definition) is 8. The van der Waals surface area contributed by atoms with E-state index in [0.717, 1.165) is 130 Å². The highest BCUT2D eigenvalue weighted by Crippen LogP contribution is 2.53. The molecule has 0 aliphatic heterocycles. The van der Waals surface area contributed by atoms with Crippen LogP contribution in [0.5, 0.6) is 46.0 Å². The fraction of sp³-hybridized carbons (Fsp3) is 0.407. The van der Waals surface area contributed by atoms with Gasteiger partial charge in [-0.05, 0) is 317 Å². The average Bonchev–Trinajstić information content (AvgIpc) is 0.773. The molecule has 0 saturated carbocycles. The molecule has 0 heterocycles. The Labute approximate surface area is 724 Å². The Balaban J connectivity index is 0.000000202. The largest absolute Gasteiger partial charge is 0.507 e. The van der Waals surface area contributed by atoms with Gasteiger partial charge in [-0.3, -0.25) is 0 Å². The fourth-order valence-electron chi connectivity index (χ4n) is 19.0. The van der Waals surface area contributed by atoms with Crippen molar-refractivity contribution < 1.29 is 67.2 Å². The Kier molecular flexibility index (Phi) is 35.3. The van der Waals surface area contributed by atoms with Gasteiger partial charge in [0.05, 0.1) is 11.7 Å². The van der Waals surface area contributed by atoms with Gasteiger partial charge in [0.2, 0.25) is 0 Å². The van der Waals surface area contributed by atoms with Crippen LogP contribution in [-0.4, -0.2) is 53.7 Å². The van der Waals surface area contributed by atoms with Crippen LogP contribution in [0.2, 0.25) is 0 Å². The lowest BCUT2D eigenvalue weighted by molar-refractivity contribution is 0.222. The summed E-state index contributed by atoms with van der Waals surface area (Å²) in [6, 6.07) is 17.3. The molecule has 0 bridgehead atoms. The second-order valence-corrected chi connectivity index (χ2v) is 35.8. The average molecular weight is 1670 g/mol. The Morgan fingerprint density at radius 3 is 1.07 bits per heavy atom. The molecule has 6 aromatic rings. The van der Waals surface area contributed by atoms with Gasteiger partial charge in [0.15, 0.2) is 11.6 Å². The predicted molar refractivity (Wildman–Crippen MR) is 496 cm³/mol. The molecule has 6 aromatic carbocycles. The first-order chi connectivity index (χ1) is 57.3. The van der Waals surface area contributed by atoms with Gasteiger partial charge in [0.1, 0.15) is 58.9 Å². The first-order valence-corrected chi connectivity index (χ1v) is 42.9. The zero-order valence-electron chi connectivity index (χ0n) is 75.2. The lowest BCUT2D eigenvalue weighted by atomic mass is 9.71. The summed E-state index contributed by atoms with van der Waals surface area (Å²) in [5, 5.41) is 81.2. The highest BCUT2D eigenvalue weighted by molar-refractivity contribution is 5.68. The van der Waals surface area contributed by atoms with E-state index in [-0.39, 0.29) is 128 Å². The van der Waals surface area contributed by atoms with Crippen molar-refractivity contribution in [1.29, 1.82) is 0 Å². The molecule has 0 radical (unpaired) electrons. The van der Waals surface area contributed by atoms with Crippen molar-refractivity contribution in [2.24, 2.45) is 47.3 Å². The molecule has 14 heteroatoms. The third-order valence-corrected chi connectivity index (χ3v) is 25.6. The quantitative estimate of drug-likeness (QED) is 0.0331. The van der Waals surface area contributed by atoms with Gasteiger partial charge < -0.3 is 40.9 Å². The summed E-state index contributed by atoms with van der Waals surface area (Å²) in [7, 11) is 0. The van der Waals surface area contributed by atoms with Gasteiger partial charge in [0, 0.05) is 75.2 Å². The number of halogens is 6. The number of allylic oxidation sites excluding steroid dienone is 16. The smallest absolute Gasteiger partial charge is 0.168 e. The van der Waals surface area contributed by atoms with E-state index in [9.17, 15) is 67.2 Å². The predicted octanol–water partition coefficient (Wildman–Crippen LogP) is 30.4. The first-order valence-electron chi connectivity index (χ1n) is 42.9. The second kappa shape index (κ2) is 43.6. The van der Waals surface area contributed by atoms with Gasteiger partial charge in [-0.2, -0.15) is 0 Å². The Morgan fingerprint density at radius 1 is 0.385 bits per heavy atom.